The maximum absolute atomic E-state index is 6.16. The first-order chi connectivity index (χ1) is 14.0. The molecule has 0 atom stereocenters. The Balaban J connectivity index is 1.64. The van der Waals surface area contributed by atoms with E-state index >= 15 is 0 Å². The second-order valence-corrected chi connectivity index (χ2v) is 8.17. The van der Waals surface area contributed by atoms with E-state index < -0.39 is 0 Å². The molecule has 148 valence electrons. The number of nitrogens with one attached hydrogen (secondary N) is 2. The minimum atomic E-state index is 0.518. The Bertz CT molecular complexity index is 1070. The maximum atomic E-state index is 6.16. The summed E-state index contributed by atoms with van der Waals surface area (Å²) in [4.78, 5) is 16.5. The maximum Gasteiger partial charge on any atom is 0.227 e. The molecule has 2 N–H and O–H groups in total. The first-order valence-electron chi connectivity index (χ1n) is 9.29. The third kappa shape index (κ3) is 4.70. The molecule has 3 aromatic rings. The molecule has 8 heteroatoms. The van der Waals surface area contributed by atoms with Gasteiger partial charge in [-0.1, -0.05) is 23.8 Å². The molecule has 0 radical (unpaired) electrons. The minimum Gasteiger partial charge on any atom is -0.349 e. The molecule has 1 aliphatic heterocycles. The van der Waals surface area contributed by atoms with E-state index in [9.17, 15) is 0 Å². The Morgan fingerprint density at radius 3 is 2.90 bits per heavy atom. The molecule has 4 rings (SSSR count). The van der Waals surface area contributed by atoms with Crippen LogP contribution in [0.25, 0.3) is 11.3 Å². The molecule has 29 heavy (non-hydrogen) atoms. The van der Waals surface area contributed by atoms with Crippen LogP contribution in [0.15, 0.2) is 42.9 Å². The third-order valence-electron chi connectivity index (χ3n) is 4.63. The lowest BCUT2D eigenvalue weighted by molar-refractivity contribution is 0.413. The van der Waals surface area contributed by atoms with Gasteiger partial charge < -0.3 is 15.5 Å². The molecule has 0 saturated carbocycles. The molecule has 0 saturated heterocycles. The summed E-state index contributed by atoms with van der Waals surface area (Å²) in [5.41, 5.74) is 5.66. The molecule has 0 spiro atoms. The van der Waals surface area contributed by atoms with E-state index in [0.717, 1.165) is 51.7 Å². The molecule has 0 unspecified atom stereocenters. The summed E-state index contributed by atoms with van der Waals surface area (Å²) >= 11 is 11.6. The number of aromatic nitrogens is 3. The first kappa shape index (κ1) is 19.7. The number of hydrogen-bond acceptors (Lipinski definition) is 6. The number of rotatable bonds is 5. The zero-order valence-corrected chi connectivity index (χ0v) is 17.8. The van der Waals surface area contributed by atoms with E-state index in [1.54, 1.807) is 6.20 Å². The Morgan fingerprint density at radius 1 is 1.21 bits per heavy atom. The van der Waals surface area contributed by atoms with Gasteiger partial charge in [-0.3, -0.25) is 4.98 Å². The third-order valence-corrected chi connectivity index (χ3v) is 5.11. The van der Waals surface area contributed by atoms with E-state index in [2.05, 4.69) is 45.7 Å². The van der Waals surface area contributed by atoms with Gasteiger partial charge in [-0.2, -0.15) is 0 Å². The highest BCUT2D eigenvalue weighted by molar-refractivity contribution is 7.80. The Labute approximate surface area is 180 Å². The van der Waals surface area contributed by atoms with Crippen molar-refractivity contribution in [1.82, 2.24) is 19.9 Å². The summed E-state index contributed by atoms with van der Waals surface area (Å²) in [5, 5.41) is 7.18. The van der Waals surface area contributed by atoms with Gasteiger partial charge in [-0.25, -0.2) is 9.97 Å². The van der Waals surface area contributed by atoms with E-state index in [-0.39, 0.29) is 0 Å². The van der Waals surface area contributed by atoms with Crippen LogP contribution in [0.5, 0.6) is 0 Å². The zero-order valence-electron chi connectivity index (χ0n) is 16.2. The van der Waals surface area contributed by atoms with Crippen LogP contribution in [0.3, 0.4) is 0 Å². The monoisotopic (exact) mass is 424 g/mol. The van der Waals surface area contributed by atoms with E-state index in [4.69, 9.17) is 28.8 Å². The van der Waals surface area contributed by atoms with Crippen LogP contribution in [0.1, 0.15) is 11.1 Å². The van der Waals surface area contributed by atoms with Crippen molar-refractivity contribution in [2.45, 2.75) is 12.8 Å². The number of benzene rings is 1. The lowest BCUT2D eigenvalue weighted by atomic mass is 10.1. The smallest absolute Gasteiger partial charge is 0.227 e. The van der Waals surface area contributed by atoms with Gasteiger partial charge >= 0.3 is 0 Å². The highest BCUT2D eigenvalue weighted by atomic mass is 35.5. The average Bonchev–Trinajstić information content (AvgIpc) is 2.81. The lowest BCUT2D eigenvalue weighted by Crippen LogP contribution is -2.15. The molecule has 2 aromatic heterocycles. The molecule has 0 fully saturated rings. The summed E-state index contributed by atoms with van der Waals surface area (Å²) in [5.74, 6) is 0.518. The molecule has 0 bridgehead atoms. The Kier molecular flexibility index (Phi) is 5.71. The van der Waals surface area contributed by atoms with Gasteiger partial charge in [0.2, 0.25) is 5.95 Å². The molecule has 0 amide bonds. The lowest BCUT2D eigenvalue weighted by Gasteiger charge is -2.12. The fourth-order valence-corrected chi connectivity index (χ4v) is 3.64. The molecule has 1 aliphatic rings. The zero-order chi connectivity index (χ0) is 20.4. The van der Waals surface area contributed by atoms with Crippen LogP contribution in [-0.2, 0) is 12.8 Å². The number of anilines is 3. The highest BCUT2D eigenvalue weighted by Crippen LogP contribution is 2.35. The first-order valence-corrected chi connectivity index (χ1v) is 10.1. The van der Waals surface area contributed by atoms with Crippen LogP contribution in [0.2, 0.25) is 5.02 Å². The summed E-state index contributed by atoms with van der Waals surface area (Å²) in [7, 11) is 4.12. The highest BCUT2D eigenvalue weighted by Gasteiger charge is 2.19. The van der Waals surface area contributed by atoms with Crippen LogP contribution >= 0.6 is 23.8 Å². The molecular formula is C21H21ClN6S. The largest absolute Gasteiger partial charge is 0.349 e. The van der Waals surface area contributed by atoms with Crippen LogP contribution < -0.4 is 10.6 Å². The van der Waals surface area contributed by atoms with Gasteiger partial charge in [0, 0.05) is 47.2 Å². The van der Waals surface area contributed by atoms with Gasteiger partial charge in [-0.15, -0.1) is 0 Å². The van der Waals surface area contributed by atoms with Crippen LogP contribution in [-0.4, -0.2) is 45.5 Å². The predicted octanol–water partition coefficient (Wildman–Crippen LogP) is 4.34. The van der Waals surface area contributed by atoms with Crippen molar-refractivity contribution in [1.29, 1.82) is 0 Å². The molecule has 6 nitrogen and oxygen atoms in total. The van der Waals surface area contributed by atoms with Crippen molar-refractivity contribution in [3.05, 3.63) is 59.0 Å². The molecule has 0 aliphatic carbocycles. The van der Waals surface area contributed by atoms with Crippen molar-refractivity contribution in [2.75, 3.05) is 31.3 Å². The summed E-state index contributed by atoms with van der Waals surface area (Å²) in [6, 6.07) is 7.76. The van der Waals surface area contributed by atoms with Gasteiger partial charge in [0.1, 0.15) is 0 Å². The van der Waals surface area contributed by atoms with Crippen molar-refractivity contribution in [2.24, 2.45) is 0 Å². The van der Waals surface area contributed by atoms with E-state index in [1.165, 1.54) is 0 Å². The second kappa shape index (κ2) is 8.41. The van der Waals surface area contributed by atoms with Gasteiger partial charge in [0.05, 0.1) is 22.6 Å². The van der Waals surface area contributed by atoms with E-state index in [0.29, 0.717) is 17.4 Å². The molecule has 3 heterocycles. The van der Waals surface area contributed by atoms with Crippen molar-refractivity contribution in [3.63, 3.8) is 0 Å². The number of fused-ring (bicyclic) bond motifs is 3. The van der Waals surface area contributed by atoms with Gasteiger partial charge in [0.25, 0.3) is 0 Å². The summed E-state index contributed by atoms with van der Waals surface area (Å²) < 4.78 is 0. The van der Waals surface area contributed by atoms with Crippen molar-refractivity contribution in [3.8, 4) is 11.3 Å². The Hall–Kier alpha value is -2.61. The molecule has 1 aromatic carbocycles. The fourth-order valence-electron chi connectivity index (χ4n) is 3.20. The van der Waals surface area contributed by atoms with Crippen LogP contribution in [0.4, 0.5) is 17.3 Å². The predicted molar refractivity (Wildman–Crippen MR) is 122 cm³/mol. The quantitative estimate of drug-likeness (QED) is 0.590. The number of nitrogens with zero attached hydrogens (tertiary/aromatic N) is 4. The Morgan fingerprint density at radius 2 is 2.07 bits per heavy atom. The topological polar surface area (TPSA) is 66.0 Å². The van der Waals surface area contributed by atoms with Crippen LogP contribution in [0, 0.1) is 0 Å². The normalized spacial score (nSPS) is 12.8. The SMILES string of the molecule is CN(C)CCc1cncc(Nc2ncc3c(n2)-c2ccc(Cl)cc2NC(=S)C3)c1. The fraction of sp³-hybridized carbons (Fsp3) is 0.238. The van der Waals surface area contributed by atoms with Gasteiger partial charge in [-0.05, 0) is 50.3 Å². The average molecular weight is 425 g/mol. The second-order valence-electron chi connectivity index (χ2n) is 7.24. The van der Waals surface area contributed by atoms with Crippen molar-refractivity contribution >= 4 is 46.1 Å². The van der Waals surface area contributed by atoms with Crippen molar-refractivity contribution < 1.29 is 0 Å². The van der Waals surface area contributed by atoms with Gasteiger partial charge in [0.15, 0.2) is 0 Å². The number of likely N-dealkylation sites (N-methyl/N-ethyl adjacent to an activating group) is 1. The number of pyridine rings is 1. The summed E-state index contributed by atoms with van der Waals surface area (Å²) in [6.45, 7) is 0.965. The molecular weight excluding hydrogens is 404 g/mol. The number of hydrogen-bond donors (Lipinski definition) is 2. The van der Waals surface area contributed by atoms with E-state index in [1.807, 2.05) is 30.6 Å². The summed E-state index contributed by atoms with van der Waals surface area (Å²) in [6.07, 6.45) is 7.00. The number of thiocarbonyl (C=S) groups is 1. The minimum absolute atomic E-state index is 0.518. The number of halogens is 1. The standard InChI is InChI=1S/C21H21ClN6S/c1-28(2)6-5-13-7-16(12-23-10-13)25-21-24-11-14-8-19(29)26-18-9-15(22)3-4-17(18)20(14)27-21/h3-4,7,9-12H,5-6,8H2,1-2H3,(H,26,29)(H,24,25,27).